The molecule has 0 aromatic rings. The van der Waals surface area contributed by atoms with Crippen LogP contribution in [0.1, 0.15) is 25.7 Å². The summed E-state index contributed by atoms with van der Waals surface area (Å²) in [5.41, 5.74) is 0. The van der Waals surface area contributed by atoms with Crippen LogP contribution < -0.4 is 0 Å². The van der Waals surface area contributed by atoms with Gasteiger partial charge in [-0.15, -0.1) is 0 Å². The quantitative estimate of drug-likeness (QED) is 0.578. The highest BCUT2D eigenvalue weighted by molar-refractivity contribution is 5.49. The lowest BCUT2D eigenvalue weighted by Gasteiger charge is -2.07. The van der Waals surface area contributed by atoms with Crippen LogP contribution in [0.3, 0.4) is 0 Å². The second-order valence-electron chi connectivity index (χ2n) is 3.40. The second-order valence-corrected chi connectivity index (χ2v) is 3.40. The smallest absolute Gasteiger partial charge is 0.120 e. The number of methoxy groups -OCH3 is 1. The summed E-state index contributed by atoms with van der Waals surface area (Å²) in [6, 6.07) is 0. The highest BCUT2D eigenvalue weighted by atomic mass is 16.5. The third-order valence-electron chi connectivity index (χ3n) is 2.48. The first-order valence-corrected chi connectivity index (χ1v) is 4.29. The number of hydrogen-bond acceptors (Lipinski definition) is 2. The fraction of sp³-hybridized carbons (Fsp3) is 0.889. The minimum Gasteiger partial charge on any atom is -0.384 e. The minimum absolute atomic E-state index is 0.646. The van der Waals surface area contributed by atoms with Crippen molar-refractivity contribution >= 4 is 6.29 Å². The van der Waals surface area contributed by atoms with Gasteiger partial charge in [-0.1, -0.05) is 0 Å². The van der Waals surface area contributed by atoms with E-state index in [4.69, 9.17) is 4.74 Å². The number of carbonyl (C=O) groups is 1. The van der Waals surface area contributed by atoms with Crippen molar-refractivity contribution in [2.24, 2.45) is 11.8 Å². The van der Waals surface area contributed by atoms with E-state index in [1.54, 1.807) is 7.11 Å². The van der Waals surface area contributed by atoms with Gasteiger partial charge in [-0.3, -0.25) is 0 Å². The maximum absolute atomic E-state index is 10.2. The third-order valence-corrected chi connectivity index (χ3v) is 2.48. The topological polar surface area (TPSA) is 26.3 Å². The van der Waals surface area contributed by atoms with Crippen molar-refractivity contribution in [3.05, 3.63) is 0 Å². The van der Waals surface area contributed by atoms with Crippen LogP contribution in [0.15, 0.2) is 0 Å². The zero-order valence-corrected chi connectivity index (χ0v) is 7.08. The Labute approximate surface area is 67.9 Å². The van der Waals surface area contributed by atoms with Gasteiger partial charge in [0.25, 0.3) is 0 Å². The molecule has 0 aromatic carbocycles. The average Bonchev–Trinajstić information content (AvgIpc) is 2.38. The molecule has 1 rings (SSSR count). The number of aldehydes is 1. The molecule has 11 heavy (non-hydrogen) atoms. The minimum atomic E-state index is 0.646. The van der Waals surface area contributed by atoms with E-state index in [1.165, 1.54) is 19.3 Å². The Balaban J connectivity index is 2.17. The highest BCUT2D eigenvalue weighted by Gasteiger charge is 2.23. The molecule has 1 fully saturated rings. The molecule has 2 nitrogen and oxygen atoms in total. The van der Waals surface area contributed by atoms with E-state index in [1.807, 2.05) is 0 Å². The van der Waals surface area contributed by atoms with Crippen molar-refractivity contribution in [1.29, 1.82) is 0 Å². The molecule has 2 atom stereocenters. The molecule has 64 valence electrons. The van der Waals surface area contributed by atoms with E-state index < -0.39 is 0 Å². The SMILES string of the molecule is COCC1CCC(CC=O)C1. The van der Waals surface area contributed by atoms with Crippen LogP contribution in [0.25, 0.3) is 0 Å². The lowest BCUT2D eigenvalue weighted by molar-refractivity contribution is -0.108. The lowest BCUT2D eigenvalue weighted by atomic mass is 10.0. The van der Waals surface area contributed by atoms with E-state index in [2.05, 4.69) is 0 Å². The van der Waals surface area contributed by atoms with Crippen LogP contribution in [0.4, 0.5) is 0 Å². The van der Waals surface area contributed by atoms with Crippen LogP contribution in [0, 0.1) is 11.8 Å². The Morgan fingerprint density at radius 1 is 1.45 bits per heavy atom. The van der Waals surface area contributed by atoms with Crippen molar-refractivity contribution in [3.63, 3.8) is 0 Å². The molecule has 1 aliphatic rings. The van der Waals surface area contributed by atoms with Gasteiger partial charge in [0.05, 0.1) is 0 Å². The van der Waals surface area contributed by atoms with Gasteiger partial charge in [-0.05, 0) is 31.1 Å². The normalized spacial score (nSPS) is 30.6. The van der Waals surface area contributed by atoms with Crippen molar-refractivity contribution in [2.75, 3.05) is 13.7 Å². The van der Waals surface area contributed by atoms with Crippen molar-refractivity contribution in [3.8, 4) is 0 Å². The van der Waals surface area contributed by atoms with E-state index in [9.17, 15) is 4.79 Å². The van der Waals surface area contributed by atoms with Crippen molar-refractivity contribution in [2.45, 2.75) is 25.7 Å². The zero-order valence-electron chi connectivity index (χ0n) is 7.08. The number of hydrogen-bond donors (Lipinski definition) is 0. The Hall–Kier alpha value is -0.370. The van der Waals surface area contributed by atoms with Gasteiger partial charge in [-0.2, -0.15) is 0 Å². The van der Waals surface area contributed by atoms with Crippen LogP contribution in [0.5, 0.6) is 0 Å². The Bertz CT molecular complexity index is 123. The Morgan fingerprint density at radius 2 is 2.18 bits per heavy atom. The fourth-order valence-corrected chi connectivity index (χ4v) is 1.92. The van der Waals surface area contributed by atoms with Crippen molar-refractivity contribution in [1.82, 2.24) is 0 Å². The largest absolute Gasteiger partial charge is 0.384 e. The molecule has 0 radical (unpaired) electrons. The molecule has 0 N–H and O–H groups in total. The first-order valence-electron chi connectivity index (χ1n) is 4.29. The molecule has 0 amide bonds. The second kappa shape index (κ2) is 4.50. The van der Waals surface area contributed by atoms with E-state index in [0.717, 1.165) is 19.3 Å². The molecule has 0 heterocycles. The van der Waals surface area contributed by atoms with Crippen LogP contribution in [0.2, 0.25) is 0 Å². The van der Waals surface area contributed by atoms with Gasteiger partial charge >= 0.3 is 0 Å². The fourth-order valence-electron chi connectivity index (χ4n) is 1.92. The van der Waals surface area contributed by atoms with E-state index in [-0.39, 0.29) is 0 Å². The summed E-state index contributed by atoms with van der Waals surface area (Å²) in [6.07, 6.45) is 5.44. The maximum Gasteiger partial charge on any atom is 0.120 e. The first kappa shape index (κ1) is 8.72. The molecule has 0 spiro atoms. The predicted molar refractivity (Wildman–Crippen MR) is 43.4 cm³/mol. The highest BCUT2D eigenvalue weighted by Crippen LogP contribution is 2.32. The lowest BCUT2D eigenvalue weighted by Crippen LogP contribution is -2.03. The standard InChI is InChI=1S/C9H16O2/c1-11-7-9-3-2-8(6-9)4-5-10/h5,8-9H,2-4,6-7H2,1H3. The van der Waals surface area contributed by atoms with E-state index in [0.29, 0.717) is 11.8 Å². The molecular weight excluding hydrogens is 140 g/mol. The summed E-state index contributed by atoms with van der Waals surface area (Å²) < 4.78 is 5.06. The molecule has 0 aromatic heterocycles. The summed E-state index contributed by atoms with van der Waals surface area (Å²) in [5.74, 6) is 1.36. The van der Waals surface area contributed by atoms with Gasteiger partial charge in [-0.25, -0.2) is 0 Å². The number of carbonyl (C=O) groups excluding carboxylic acids is 1. The molecule has 1 saturated carbocycles. The maximum atomic E-state index is 10.2. The van der Waals surface area contributed by atoms with Crippen molar-refractivity contribution < 1.29 is 9.53 Å². The zero-order chi connectivity index (χ0) is 8.10. The molecule has 1 aliphatic carbocycles. The summed E-state index contributed by atoms with van der Waals surface area (Å²) in [4.78, 5) is 10.2. The summed E-state index contributed by atoms with van der Waals surface area (Å²) in [7, 11) is 1.74. The molecule has 2 heteroatoms. The Morgan fingerprint density at radius 3 is 2.82 bits per heavy atom. The summed E-state index contributed by atoms with van der Waals surface area (Å²) in [5, 5.41) is 0. The molecule has 0 bridgehead atoms. The molecule has 0 saturated heterocycles. The van der Waals surface area contributed by atoms with Crippen LogP contribution in [-0.2, 0) is 9.53 Å². The van der Waals surface area contributed by atoms with Gasteiger partial charge in [0.1, 0.15) is 6.29 Å². The predicted octanol–water partition coefficient (Wildman–Crippen LogP) is 1.64. The number of rotatable bonds is 4. The van der Waals surface area contributed by atoms with Gasteiger partial charge < -0.3 is 9.53 Å². The summed E-state index contributed by atoms with van der Waals surface area (Å²) in [6.45, 7) is 0.870. The van der Waals surface area contributed by atoms with Gasteiger partial charge in [0, 0.05) is 20.1 Å². The molecule has 2 unspecified atom stereocenters. The molecular formula is C9H16O2. The number of ether oxygens (including phenoxy) is 1. The van der Waals surface area contributed by atoms with Crippen LogP contribution in [-0.4, -0.2) is 20.0 Å². The van der Waals surface area contributed by atoms with Gasteiger partial charge in [0.2, 0.25) is 0 Å². The van der Waals surface area contributed by atoms with Gasteiger partial charge in [0.15, 0.2) is 0 Å². The average molecular weight is 156 g/mol. The van der Waals surface area contributed by atoms with Crippen LogP contribution >= 0.6 is 0 Å². The summed E-state index contributed by atoms with van der Waals surface area (Å²) >= 11 is 0. The third kappa shape index (κ3) is 2.62. The monoisotopic (exact) mass is 156 g/mol. The Kier molecular flexibility index (Phi) is 3.57. The molecule has 0 aliphatic heterocycles. The first-order chi connectivity index (χ1) is 5.36. The van der Waals surface area contributed by atoms with E-state index >= 15 is 0 Å².